The summed E-state index contributed by atoms with van der Waals surface area (Å²) in [6.07, 6.45) is 2.04. The normalized spacial score (nSPS) is 10.0. The number of halogens is 2. The van der Waals surface area contributed by atoms with Gasteiger partial charge in [0, 0.05) is 13.1 Å². The van der Waals surface area contributed by atoms with Gasteiger partial charge in [-0.2, -0.15) is 11.8 Å². The highest BCUT2D eigenvalue weighted by atomic mass is 35.5. The third-order valence-electron chi connectivity index (χ3n) is 3.18. The van der Waals surface area contributed by atoms with E-state index in [1.54, 1.807) is 11.8 Å². The summed E-state index contributed by atoms with van der Waals surface area (Å²) >= 11 is 1.71. The lowest BCUT2D eigenvalue weighted by molar-refractivity contribution is -0.121. The molecule has 130 valence electrons. The molecule has 0 radical (unpaired) electrons. The van der Waals surface area contributed by atoms with Gasteiger partial charge in [-0.1, -0.05) is 19.1 Å². The minimum absolute atomic E-state index is 0. The maximum Gasteiger partial charge on any atom is 0.240 e. The van der Waals surface area contributed by atoms with Crippen LogP contribution in [-0.2, 0) is 17.1 Å². The van der Waals surface area contributed by atoms with Crippen molar-refractivity contribution in [3.05, 3.63) is 30.1 Å². The van der Waals surface area contributed by atoms with Crippen LogP contribution in [-0.4, -0.2) is 41.3 Å². The molecule has 0 atom stereocenters. The molecule has 1 aromatic heterocycles. The molecule has 0 spiro atoms. The summed E-state index contributed by atoms with van der Waals surface area (Å²) in [4.78, 5) is 16.7. The first-order chi connectivity index (χ1) is 10.3. The van der Waals surface area contributed by atoms with Crippen LogP contribution in [0, 0.1) is 0 Å². The van der Waals surface area contributed by atoms with Gasteiger partial charge in [0.05, 0.1) is 16.8 Å². The molecule has 0 fully saturated rings. The highest BCUT2D eigenvalue weighted by Crippen LogP contribution is 2.18. The Morgan fingerprint density at radius 2 is 2.00 bits per heavy atom. The quantitative estimate of drug-likeness (QED) is 0.692. The van der Waals surface area contributed by atoms with Gasteiger partial charge >= 0.3 is 0 Å². The number of amides is 1. The predicted molar refractivity (Wildman–Crippen MR) is 103 cm³/mol. The zero-order valence-electron chi connectivity index (χ0n) is 13.4. The number of aromatic nitrogens is 2. The lowest BCUT2D eigenvalue weighted by Gasteiger charge is -2.09. The largest absolute Gasteiger partial charge is 0.353 e. The van der Waals surface area contributed by atoms with Gasteiger partial charge in [0.15, 0.2) is 0 Å². The molecular formula is C15H24Cl2N4OS. The molecule has 0 aliphatic carbocycles. The number of carbonyl (C=O) groups is 1. The standard InChI is InChI=1S/C15H22N4OS.2ClH/c1-3-16-8-9-17-15(20)10-19-13-7-5-4-6-12(13)18-14(19)11-21-2;;/h4-7,16H,3,8-11H2,1-2H3,(H,17,20);2*1H. The molecular weight excluding hydrogens is 355 g/mol. The molecule has 0 aliphatic rings. The van der Waals surface area contributed by atoms with Crippen molar-refractivity contribution in [2.24, 2.45) is 0 Å². The van der Waals surface area contributed by atoms with Gasteiger partial charge in [-0.05, 0) is 24.9 Å². The monoisotopic (exact) mass is 378 g/mol. The Balaban J connectivity index is 0.00000242. The van der Waals surface area contributed by atoms with Crippen molar-refractivity contribution in [2.75, 3.05) is 25.9 Å². The number of nitrogens with zero attached hydrogens (tertiary/aromatic N) is 2. The van der Waals surface area contributed by atoms with Gasteiger partial charge in [-0.3, -0.25) is 4.79 Å². The van der Waals surface area contributed by atoms with Crippen molar-refractivity contribution in [1.29, 1.82) is 0 Å². The van der Waals surface area contributed by atoms with Gasteiger partial charge in [-0.15, -0.1) is 24.8 Å². The molecule has 0 unspecified atom stereocenters. The minimum Gasteiger partial charge on any atom is -0.353 e. The Kier molecular flexibility index (Phi) is 11.1. The number of benzene rings is 1. The number of fused-ring (bicyclic) bond motifs is 1. The first-order valence-electron chi connectivity index (χ1n) is 7.16. The minimum atomic E-state index is 0. The van der Waals surface area contributed by atoms with E-state index >= 15 is 0 Å². The topological polar surface area (TPSA) is 58.9 Å². The highest BCUT2D eigenvalue weighted by molar-refractivity contribution is 7.97. The van der Waals surface area contributed by atoms with Crippen molar-refractivity contribution in [1.82, 2.24) is 20.2 Å². The maximum absolute atomic E-state index is 12.1. The summed E-state index contributed by atoms with van der Waals surface area (Å²) in [5.74, 6) is 1.78. The number of hydrogen-bond acceptors (Lipinski definition) is 4. The van der Waals surface area contributed by atoms with E-state index in [9.17, 15) is 4.79 Å². The number of para-hydroxylation sites is 2. The maximum atomic E-state index is 12.1. The molecule has 1 heterocycles. The molecule has 0 saturated carbocycles. The Hall–Kier alpha value is -0.950. The fraction of sp³-hybridized carbons (Fsp3) is 0.467. The van der Waals surface area contributed by atoms with Crippen LogP contribution in [0.15, 0.2) is 24.3 Å². The van der Waals surface area contributed by atoms with Crippen LogP contribution in [0.1, 0.15) is 12.7 Å². The number of hydrogen-bond donors (Lipinski definition) is 2. The SMILES string of the molecule is CCNCCNC(=O)Cn1c(CSC)nc2ccccc21.Cl.Cl. The summed E-state index contributed by atoms with van der Waals surface area (Å²) in [7, 11) is 0. The molecule has 8 heteroatoms. The number of thioether (sulfide) groups is 1. The van der Waals surface area contributed by atoms with Crippen molar-refractivity contribution in [2.45, 2.75) is 19.2 Å². The van der Waals surface area contributed by atoms with Crippen LogP contribution in [0.2, 0.25) is 0 Å². The Morgan fingerprint density at radius 3 is 2.70 bits per heavy atom. The van der Waals surface area contributed by atoms with E-state index in [-0.39, 0.29) is 30.7 Å². The Bertz CT molecular complexity index is 606. The zero-order valence-corrected chi connectivity index (χ0v) is 15.8. The van der Waals surface area contributed by atoms with E-state index in [0.29, 0.717) is 13.1 Å². The van der Waals surface area contributed by atoms with Crippen LogP contribution in [0.4, 0.5) is 0 Å². The van der Waals surface area contributed by atoms with Crippen LogP contribution in [0.25, 0.3) is 11.0 Å². The number of carbonyl (C=O) groups excluding carboxylic acids is 1. The average Bonchev–Trinajstić information content (AvgIpc) is 2.82. The summed E-state index contributed by atoms with van der Waals surface area (Å²) in [6.45, 7) is 4.73. The summed E-state index contributed by atoms with van der Waals surface area (Å²) in [5, 5.41) is 6.12. The second-order valence-electron chi connectivity index (χ2n) is 4.74. The molecule has 0 saturated heterocycles. The Labute approximate surface area is 153 Å². The molecule has 1 amide bonds. The number of rotatable bonds is 8. The number of imidazole rings is 1. The summed E-state index contributed by atoms with van der Waals surface area (Å²) < 4.78 is 2.01. The fourth-order valence-electron chi connectivity index (χ4n) is 2.21. The molecule has 1 aromatic carbocycles. The molecule has 0 aliphatic heterocycles. The average molecular weight is 379 g/mol. The van der Waals surface area contributed by atoms with Gasteiger partial charge in [0.2, 0.25) is 5.91 Å². The second kappa shape index (κ2) is 11.6. The van der Waals surface area contributed by atoms with E-state index in [1.807, 2.05) is 42.0 Å². The third kappa shape index (κ3) is 6.22. The molecule has 0 bridgehead atoms. The highest BCUT2D eigenvalue weighted by Gasteiger charge is 2.12. The fourth-order valence-corrected chi connectivity index (χ4v) is 2.69. The van der Waals surface area contributed by atoms with E-state index in [1.165, 1.54) is 0 Å². The van der Waals surface area contributed by atoms with Crippen LogP contribution in [0.3, 0.4) is 0 Å². The number of nitrogens with one attached hydrogen (secondary N) is 2. The smallest absolute Gasteiger partial charge is 0.240 e. The van der Waals surface area contributed by atoms with E-state index in [2.05, 4.69) is 15.6 Å². The lowest BCUT2D eigenvalue weighted by atomic mass is 10.3. The summed E-state index contributed by atoms with van der Waals surface area (Å²) in [6, 6.07) is 7.95. The van der Waals surface area contributed by atoms with Gasteiger partial charge in [-0.25, -0.2) is 4.98 Å². The first kappa shape index (κ1) is 22.1. The van der Waals surface area contributed by atoms with Crippen LogP contribution < -0.4 is 10.6 Å². The number of likely N-dealkylation sites (N-methyl/N-ethyl adjacent to an activating group) is 1. The van der Waals surface area contributed by atoms with Crippen molar-refractivity contribution >= 4 is 53.5 Å². The molecule has 23 heavy (non-hydrogen) atoms. The first-order valence-corrected chi connectivity index (χ1v) is 8.56. The van der Waals surface area contributed by atoms with E-state index < -0.39 is 0 Å². The van der Waals surface area contributed by atoms with Gasteiger partial charge < -0.3 is 15.2 Å². The summed E-state index contributed by atoms with van der Waals surface area (Å²) in [5.41, 5.74) is 1.96. The van der Waals surface area contributed by atoms with Crippen LogP contribution >= 0.6 is 36.6 Å². The van der Waals surface area contributed by atoms with E-state index in [4.69, 9.17) is 0 Å². The lowest BCUT2D eigenvalue weighted by Crippen LogP contribution is -2.34. The third-order valence-corrected chi connectivity index (χ3v) is 3.73. The van der Waals surface area contributed by atoms with E-state index in [0.717, 1.165) is 35.7 Å². The van der Waals surface area contributed by atoms with Crippen LogP contribution in [0.5, 0.6) is 0 Å². The molecule has 2 aromatic rings. The molecule has 2 rings (SSSR count). The van der Waals surface area contributed by atoms with Crippen molar-refractivity contribution < 1.29 is 4.79 Å². The van der Waals surface area contributed by atoms with Crippen molar-refractivity contribution in [3.8, 4) is 0 Å². The second-order valence-corrected chi connectivity index (χ2v) is 5.61. The zero-order chi connectivity index (χ0) is 15.1. The van der Waals surface area contributed by atoms with Gasteiger partial charge in [0.25, 0.3) is 0 Å². The van der Waals surface area contributed by atoms with Gasteiger partial charge in [0.1, 0.15) is 12.4 Å². The molecule has 2 N–H and O–H groups in total. The van der Waals surface area contributed by atoms with Crippen molar-refractivity contribution in [3.63, 3.8) is 0 Å². The molecule has 5 nitrogen and oxygen atoms in total. The predicted octanol–water partition coefficient (Wildman–Crippen LogP) is 2.47. The Morgan fingerprint density at radius 1 is 1.26 bits per heavy atom.